The third-order valence-electron chi connectivity index (χ3n) is 11.0. The Hall–Kier alpha value is -6.59. The fourth-order valence-electron chi connectivity index (χ4n) is 8.18. The third-order valence-corrected chi connectivity index (χ3v) is 11.0. The molecule has 0 atom stereocenters. The maximum atomic E-state index is 6.64. The van der Waals surface area contributed by atoms with Crippen LogP contribution in [0.4, 0.5) is 11.4 Å². The van der Waals surface area contributed by atoms with Gasteiger partial charge in [0.25, 0.3) is 0 Å². The van der Waals surface area contributed by atoms with Crippen molar-refractivity contribution in [2.75, 3.05) is 16.5 Å². The van der Waals surface area contributed by atoms with E-state index in [0.717, 1.165) is 39.7 Å². The molecule has 8 aromatic rings. The molecule has 3 heterocycles. The van der Waals surface area contributed by atoms with Crippen LogP contribution in [0, 0.1) is 0 Å². The van der Waals surface area contributed by atoms with E-state index in [1.165, 1.54) is 44.2 Å². The molecule has 5 nitrogen and oxygen atoms in total. The van der Waals surface area contributed by atoms with Gasteiger partial charge in [-0.2, -0.15) is 0 Å². The number of hydrogen-bond donors (Lipinski definition) is 0. The largest absolute Gasteiger partial charge is 0.457 e. The number of para-hydroxylation sites is 1. The van der Waals surface area contributed by atoms with Crippen molar-refractivity contribution in [3.8, 4) is 39.6 Å². The number of rotatable bonds is 7. The lowest BCUT2D eigenvalue weighted by Gasteiger charge is -2.30. The predicted molar refractivity (Wildman–Crippen MR) is 239 cm³/mol. The van der Waals surface area contributed by atoms with E-state index in [4.69, 9.17) is 9.72 Å². The Kier molecular flexibility index (Phi) is 8.96. The van der Waals surface area contributed by atoms with E-state index in [1.807, 2.05) is 12.3 Å². The summed E-state index contributed by atoms with van der Waals surface area (Å²) in [5.41, 5.74) is 11.9. The molecular weight excluding hydrogens is 697 g/mol. The number of hydrogen-bond acceptors (Lipinski definition) is 4. The fourth-order valence-corrected chi connectivity index (χ4v) is 8.18. The molecule has 2 aromatic heterocycles. The van der Waals surface area contributed by atoms with Crippen LogP contribution < -0.4 is 14.5 Å². The Morgan fingerprint density at radius 3 is 1.79 bits per heavy atom. The molecule has 0 unspecified atom stereocenters. The lowest BCUT2D eigenvalue weighted by molar-refractivity contribution is 0.483. The zero-order valence-corrected chi connectivity index (χ0v) is 33.6. The van der Waals surface area contributed by atoms with Gasteiger partial charge < -0.3 is 14.5 Å². The fraction of sp³-hybridized carbons (Fsp3) is 0.173. The summed E-state index contributed by atoms with van der Waals surface area (Å²) in [7, 11) is 0. The standard InChI is InChI=1S/C52H48N4O/c1-51(2,3)38-26-27-53-49(30-38)56-47-23-14-13-22-43(47)44-25-24-42(34-48(44)56)57-41-21-15-20-39(31-41)54-28-29-55(35-54)40-32-45(36-16-9-7-10-17-36)50(52(4,5)6)46(33-40)37-18-11-8-12-19-37/h7-34H,35H2,1-6H3. The van der Waals surface area contributed by atoms with Gasteiger partial charge >= 0.3 is 0 Å². The van der Waals surface area contributed by atoms with E-state index in [1.54, 1.807) is 0 Å². The Morgan fingerprint density at radius 2 is 1.12 bits per heavy atom. The quantitative estimate of drug-likeness (QED) is 0.163. The summed E-state index contributed by atoms with van der Waals surface area (Å²) in [6, 6.07) is 53.9. The minimum atomic E-state index is -0.0719. The normalized spacial score (nSPS) is 13.2. The number of nitrogens with zero attached hydrogens (tertiary/aromatic N) is 4. The average molecular weight is 745 g/mol. The molecule has 0 aliphatic carbocycles. The molecule has 0 spiro atoms. The maximum absolute atomic E-state index is 6.64. The number of fused-ring (bicyclic) bond motifs is 3. The van der Waals surface area contributed by atoms with Crippen molar-refractivity contribution in [1.29, 1.82) is 0 Å². The Morgan fingerprint density at radius 1 is 0.509 bits per heavy atom. The van der Waals surface area contributed by atoms with Gasteiger partial charge in [-0.3, -0.25) is 4.57 Å². The monoisotopic (exact) mass is 744 g/mol. The first-order chi connectivity index (χ1) is 27.5. The van der Waals surface area contributed by atoms with Gasteiger partial charge in [0.1, 0.15) is 17.3 Å². The molecule has 0 radical (unpaired) electrons. The summed E-state index contributed by atoms with van der Waals surface area (Å²) >= 11 is 0. The van der Waals surface area contributed by atoms with Crippen LogP contribution in [0.1, 0.15) is 52.7 Å². The molecular formula is C52H48N4O. The van der Waals surface area contributed by atoms with Crippen LogP contribution in [0.3, 0.4) is 0 Å². The number of pyridine rings is 1. The molecule has 57 heavy (non-hydrogen) atoms. The van der Waals surface area contributed by atoms with E-state index >= 15 is 0 Å². The second-order valence-corrected chi connectivity index (χ2v) is 17.1. The van der Waals surface area contributed by atoms with Crippen molar-refractivity contribution < 1.29 is 4.74 Å². The lowest BCUT2D eigenvalue weighted by Crippen LogP contribution is -2.25. The molecule has 1 aliphatic rings. The highest BCUT2D eigenvalue weighted by Crippen LogP contribution is 2.44. The van der Waals surface area contributed by atoms with Crippen LogP contribution in [-0.4, -0.2) is 16.2 Å². The molecule has 0 bridgehead atoms. The second kappa shape index (κ2) is 14.2. The summed E-state index contributed by atoms with van der Waals surface area (Å²) in [5, 5.41) is 2.35. The summed E-state index contributed by atoms with van der Waals surface area (Å²) < 4.78 is 8.90. The number of benzene rings is 6. The summed E-state index contributed by atoms with van der Waals surface area (Å²) in [6.07, 6.45) is 6.25. The zero-order chi connectivity index (χ0) is 39.3. The van der Waals surface area contributed by atoms with E-state index in [9.17, 15) is 0 Å². The molecule has 5 heteroatoms. The molecule has 0 amide bonds. The molecule has 0 N–H and O–H groups in total. The van der Waals surface area contributed by atoms with E-state index < -0.39 is 0 Å². The smallest absolute Gasteiger partial charge is 0.137 e. The highest BCUT2D eigenvalue weighted by Gasteiger charge is 2.27. The number of ether oxygens (including phenoxy) is 1. The summed E-state index contributed by atoms with van der Waals surface area (Å²) in [4.78, 5) is 9.45. The van der Waals surface area contributed by atoms with Gasteiger partial charge in [0.2, 0.25) is 0 Å². The van der Waals surface area contributed by atoms with Gasteiger partial charge in [0.15, 0.2) is 0 Å². The second-order valence-electron chi connectivity index (χ2n) is 17.1. The van der Waals surface area contributed by atoms with Crippen molar-refractivity contribution in [2.24, 2.45) is 0 Å². The molecule has 6 aromatic carbocycles. The van der Waals surface area contributed by atoms with Crippen LogP contribution >= 0.6 is 0 Å². The highest BCUT2D eigenvalue weighted by atomic mass is 16.5. The molecule has 0 fully saturated rings. The van der Waals surface area contributed by atoms with Gasteiger partial charge in [0, 0.05) is 52.9 Å². The topological polar surface area (TPSA) is 33.5 Å². The minimum Gasteiger partial charge on any atom is -0.457 e. The van der Waals surface area contributed by atoms with Crippen molar-refractivity contribution in [3.05, 3.63) is 181 Å². The molecule has 9 rings (SSSR count). The molecule has 282 valence electrons. The van der Waals surface area contributed by atoms with Crippen molar-refractivity contribution in [1.82, 2.24) is 9.55 Å². The van der Waals surface area contributed by atoms with Crippen molar-refractivity contribution >= 4 is 33.2 Å². The first kappa shape index (κ1) is 36.1. The minimum absolute atomic E-state index is 0.00435. The average Bonchev–Trinajstić information content (AvgIpc) is 3.84. The van der Waals surface area contributed by atoms with Gasteiger partial charge in [0.05, 0.1) is 17.7 Å². The van der Waals surface area contributed by atoms with Crippen LogP contribution in [0.5, 0.6) is 11.5 Å². The number of anilines is 2. The maximum Gasteiger partial charge on any atom is 0.137 e. The first-order valence-electron chi connectivity index (χ1n) is 19.8. The SMILES string of the molecule is CC(C)(C)c1ccnc(-n2c3ccccc3c3ccc(Oc4cccc(N5C=CN(c6cc(-c7ccccc7)c(C(C)(C)C)c(-c7ccccc7)c6)C5)c4)cc32)c1. The number of aromatic nitrogens is 2. The van der Waals surface area contributed by atoms with Crippen LogP contribution in [0.2, 0.25) is 0 Å². The van der Waals surface area contributed by atoms with Gasteiger partial charge in [-0.1, -0.05) is 126 Å². The van der Waals surface area contributed by atoms with Gasteiger partial charge in [-0.05, 0) is 98.8 Å². The zero-order valence-electron chi connectivity index (χ0n) is 33.6. The van der Waals surface area contributed by atoms with Crippen LogP contribution in [0.25, 0.3) is 49.9 Å². The van der Waals surface area contributed by atoms with Gasteiger partial charge in [-0.25, -0.2) is 4.98 Å². The van der Waals surface area contributed by atoms with Crippen LogP contribution in [0.15, 0.2) is 170 Å². The Bertz CT molecular complexity index is 2710. The van der Waals surface area contributed by atoms with Crippen molar-refractivity contribution in [2.45, 2.75) is 52.4 Å². The van der Waals surface area contributed by atoms with E-state index in [-0.39, 0.29) is 10.8 Å². The lowest BCUT2D eigenvalue weighted by atomic mass is 9.77. The summed E-state index contributed by atoms with van der Waals surface area (Å²) in [6.45, 7) is 14.3. The summed E-state index contributed by atoms with van der Waals surface area (Å²) in [5.74, 6) is 2.45. The molecule has 0 saturated carbocycles. The Balaban J connectivity index is 1.03. The van der Waals surface area contributed by atoms with Crippen molar-refractivity contribution in [3.63, 3.8) is 0 Å². The third kappa shape index (κ3) is 6.95. The first-order valence-corrected chi connectivity index (χ1v) is 19.8. The highest BCUT2D eigenvalue weighted by molar-refractivity contribution is 6.09. The Labute approximate surface area is 336 Å². The van der Waals surface area contributed by atoms with Crippen LogP contribution in [-0.2, 0) is 10.8 Å². The van der Waals surface area contributed by atoms with E-state index in [2.05, 4.69) is 214 Å². The predicted octanol–water partition coefficient (Wildman–Crippen LogP) is 13.7. The van der Waals surface area contributed by atoms with E-state index in [0.29, 0.717) is 6.67 Å². The molecule has 0 saturated heterocycles. The molecule has 1 aliphatic heterocycles. The van der Waals surface area contributed by atoms with Gasteiger partial charge in [-0.15, -0.1) is 0 Å².